The van der Waals surface area contributed by atoms with Gasteiger partial charge < -0.3 is 21.1 Å². The van der Waals surface area contributed by atoms with Gasteiger partial charge in [-0.15, -0.1) is 0 Å². The monoisotopic (exact) mass is 600 g/mol. The molecule has 0 spiro atoms. The van der Waals surface area contributed by atoms with Gasteiger partial charge in [0.1, 0.15) is 6.10 Å². The first-order valence-electron chi connectivity index (χ1n) is 18.1. The molecule has 4 N–H and O–H groups in total. The number of ether oxygens (including phenoxy) is 1. The summed E-state index contributed by atoms with van der Waals surface area (Å²) in [6.45, 7) is 14.8. The highest BCUT2D eigenvalue weighted by atomic mass is 16.5. The van der Waals surface area contributed by atoms with E-state index in [9.17, 15) is 9.59 Å². The molecule has 4 aliphatic rings. The molecule has 8 atom stereocenters. The standard InChI is InChI=1S/C37H65N3O3/c1-26(2)9-6-10-27(3)31-13-14-32-30-12-11-28-25-29(17-19-36(28,4)33(30)18-20-37(31,32)5)43-35(42)16-15-34(41)40(23-7-21-38)24-8-22-39/h11,26-27,29-33H,6-10,12-25,38-39H2,1-5H3. The van der Waals surface area contributed by atoms with Gasteiger partial charge in [0.15, 0.2) is 0 Å². The summed E-state index contributed by atoms with van der Waals surface area (Å²) < 4.78 is 6.00. The van der Waals surface area contributed by atoms with Gasteiger partial charge in [0, 0.05) is 25.9 Å². The van der Waals surface area contributed by atoms with Gasteiger partial charge in [0.25, 0.3) is 0 Å². The van der Waals surface area contributed by atoms with Crippen LogP contribution >= 0.6 is 0 Å². The quantitative estimate of drug-likeness (QED) is 0.153. The molecule has 1 amide bonds. The summed E-state index contributed by atoms with van der Waals surface area (Å²) in [6, 6.07) is 0. The third-order valence-electron chi connectivity index (χ3n) is 12.7. The molecule has 43 heavy (non-hydrogen) atoms. The van der Waals surface area contributed by atoms with Crippen LogP contribution in [0.25, 0.3) is 0 Å². The molecule has 0 aromatic heterocycles. The predicted octanol–water partition coefficient (Wildman–Crippen LogP) is 7.25. The Hall–Kier alpha value is -1.40. The van der Waals surface area contributed by atoms with Crippen molar-refractivity contribution in [3.8, 4) is 0 Å². The first-order chi connectivity index (χ1) is 20.5. The SMILES string of the molecule is CC(C)CCCC(C)C1CCC2C3CC=C4CC(OC(=O)CCC(=O)N(CCCN)CCCN)CCC4(C)C3CCC12C. The van der Waals surface area contributed by atoms with Crippen LogP contribution in [0.4, 0.5) is 0 Å². The van der Waals surface area contributed by atoms with E-state index in [0.29, 0.717) is 31.6 Å². The number of carbonyl (C=O) groups excluding carboxylic acids is 2. The van der Waals surface area contributed by atoms with Crippen molar-refractivity contribution < 1.29 is 14.3 Å². The number of allylic oxidation sites excluding steroid dienone is 1. The van der Waals surface area contributed by atoms with Crippen LogP contribution in [-0.2, 0) is 14.3 Å². The van der Waals surface area contributed by atoms with Gasteiger partial charge >= 0.3 is 5.97 Å². The molecular formula is C37H65N3O3. The Morgan fingerprint density at radius 3 is 2.33 bits per heavy atom. The second-order valence-corrected chi connectivity index (χ2v) is 15.8. The lowest BCUT2D eigenvalue weighted by Gasteiger charge is -2.58. The Bertz CT molecular complexity index is 957. The van der Waals surface area contributed by atoms with Gasteiger partial charge in [-0.25, -0.2) is 0 Å². The maximum Gasteiger partial charge on any atom is 0.306 e. The van der Waals surface area contributed by atoms with Gasteiger partial charge in [-0.05, 0) is 117 Å². The number of nitrogens with zero attached hydrogens (tertiary/aromatic N) is 1. The number of hydrogen-bond acceptors (Lipinski definition) is 5. The van der Waals surface area contributed by atoms with E-state index in [4.69, 9.17) is 16.2 Å². The van der Waals surface area contributed by atoms with Crippen molar-refractivity contribution in [2.24, 2.45) is 57.8 Å². The number of esters is 1. The van der Waals surface area contributed by atoms with E-state index in [0.717, 1.165) is 67.6 Å². The highest BCUT2D eigenvalue weighted by Gasteiger charge is 2.59. The minimum absolute atomic E-state index is 0.000461. The van der Waals surface area contributed by atoms with Crippen LogP contribution < -0.4 is 11.5 Å². The number of amides is 1. The zero-order valence-corrected chi connectivity index (χ0v) is 28.4. The smallest absolute Gasteiger partial charge is 0.306 e. The average molecular weight is 600 g/mol. The Morgan fingerprint density at radius 2 is 1.65 bits per heavy atom. The Morgan fingerprint density at radius 1 is 0.930 bits per heavy atom. The van der Waals surface area contributed by atoms with E-state index in [-0.39, 0.29) is 36.2 Å². The van der Waals surface area contributed by atoms with Crippen molar-refractivity contribution >= 4 is 11.9 Å². The van der Waals surface area contributed by atoms with Gasteiger partial charge in [-0.2, -0.15) is 0 Å². The lowest BCUT2D eigenvalue weighted by atomic mass is 9.47. The molecule has 246 valence electrons. The van der Waals surface area contributed by atoms with E-state index < -0.39 is 0 Å². The summed E-state index contributed by atoms with van der Waals surface area (Å²) in [6.07, 6.45) is 18.3. The minimum Gasteiger partial charge on any atom is -0.462 e. The second-order valence-electron chi connectivity index (χ2n) is 15.8. The average Bonchev–Trinajstić information content (AvgIpc) is 3.33. The lowest BCUT2D eigenvalue weighted by molar-refractivity contribution is -0.153. The highest BCUT2D eigenvalue weighted by Crippen LogP contribution is 2.67. The van der Waals surface area contributed by atoms with Crippen LogP contribution in [-0.4, -0.2) is 49.1 Å². The first kappa shape index (κ1) is 34.5. The Labute approximate surface area is 263 Å². The van der Waals surface area contributed by atoms with Gasteiger partial charge in [-0.1, -0.05) is 65.5 Å². The van der Waals surface area contributed by atoms with Crippen LogP contribution in [0.2, 0.25) is 0 Å². The lowest BCUT2D eigenvalue weighted by Crippen LogP contribution is -2.51. The molecular weight excluding hydrogens is 534 g/mol. The Balaban J connectivity index is 1.31. The molecule has 0 aliphatic heterocycles. The molecule has 4 aliphatic carbocycles. The third kappa shape index (κ3) is 7.88. The number of rotatable bonds is 15. The summed E-state index contributed by atoms with van der Waals surface area (Å²) in [5.41, 5.74) is 13.6. The second kappa shape index (κ2) is 15.3. The molecule has 6 heteroatoms. The van der Waals surface area contributed by atoms with Gasteiger partial charge in [-0.3, -0.25) is 9.59 Å². The third-order valence-corrected chi connectivity index (χ3v) is 12.7. The molecule has 4 rings (SSSR count). The van der Waals surface area contributed by atoms with Crippen LogP contribution in [0.5, 0.6) is 0 Å². The molecule has 0 aromatic rings. The van der Waals surface area contributed by atoms with Crippen LogP contribution in [0.1, 0.15) is 131 Å². The molecule has 0 radical (unpaired) electrons. The van der Waals surface area contributed by atoms with E-state index in [1.54, 1.807) is 10.5 Å². The normalized spacial score (nSPS) is 34.1. The molecule has 8 unspecified atom stereocenters. The van der Waals surface area contributed by atoms with Crippen LogP contribution in [0.15, 0.2) is 11.6 Å². The molecule has 0 bridgehead atoms. The van der Waals surface area contributed by atoms with Crippen molar-refractivity contribution in [1.82, 2.24) is 4.90 Å². The van der Waals surface area contributed by atoms with Crippen molar-refractivity contribution in [2.75, 3.05) is 26.2 Å². The van der Waals surface area contributed by atoms with Gasteiger partial charge in [0.05, 0.1) is 6.42 Å². The summed E-state index contributed by atoms with van der Waals surface area (Å²) in [7, 11) is 0. The fourth-order valence-corrected chi connectivity index (χ4v) is 10.3. The minimum atomic E-state index is -0.234. The molecule has 0 saturated heterocycles. The maximum absolute atomic E-state index is 12.8. The fourth-order valence-electron chi connectivity index (χ4n) is 10.3. The predicted molar refractivity (Wildman–Crippen MR) is 176 cm³/mol. The van der Waals surface area contributed by atoms with Crippen molar-refractivity contribution in [1.29, 1.82) is 0 Å². The first-order valence-corrected chi connectivity index (χ1v) is 18.1. The number of nitrogens with two attached hydrogens (primary N) is 2. The Kier molecular flexibility index (Phi) is 12.2. The number of fused-ring (bicyclic) bond motifs is 5. The topological polar surface area (TPSA) is 98.7 Å². The van der Waals surface area contributed by atoms with E-state index in [1.165, 1.54) is 51.4 Å². The molecule has 3 saturated carbocycles. The zero-order valence-electron chi connectivity index (χ0n) is 28.4. The van der Waals surface area contributed by atoms with Gasteiger partial charge in [0.2, 0.25) is 5.91 Å². The zero-order chi connectivity index (χ0) is 31.2. The molecule has 6 nitrogen and oxygen atoms in total. The van der Waals surface area contributed by atoms with Crippen molar-refractivity contribution in [3.05, 3.63) is 11.6 Å². The molecule has 3 fully saturated rings. The fraction of sp³-hybridized carbons (Fsp3) is 0.892. The molecule has 0 aromatic carbocycles. The van der Waals surface area contributed by atoms with E-state index in [2.05, 4.69) is 40.7 Å². The maximum atomic E-state index is 12.8. The summed E-state index contributed by atoms with van der Waals surface area (Å²) in [5.74, 6) is 4.75. The molecule has 0 heterocycles. The summed E-state index contributed by atoms with van der Waals surface area (Å²) in [4.78, 5) is 27.4. The highest BCUT2D eigenvalue weighted by molar-refractivity contribution is 5.81. The van der Waals surface area contributed by atoms with Crippen molar-refractivity contribution in [3.63, 3.8) is 0 Å². The van der Waals surface area contributed by atoms with Crippen LogP contribution in [0.3, 0.4) is 0 Å². The number of carbonyl (C=O) groups is 2. The largest absolute Gasteiger partial charge is 0.462 e. The summed E-state index contributed by atoms with van der Waals surface area (Å²) in [5, 5.41) is 0. The number of hydrogen-bond donors (Lipinski definition) is 2. The van der Waals surface area contributed by atoms with E-state index >= 15 is 0 Å². The van der Waals surface area contributed by atoms with Crippen LogP contribution in [0, 0.1) is 46.3 Å². The van der Waals surface area contributed by atoms with Crippen molar-refractivity contribution in [2.45, 2.75) is 137 Å². The van der Waals surface area contributed by atoms with E-state index in [1.807, 2.05) is 0 Å². The summed E-state index contributed by atoms with van der Waals surface area (Å²) >= 11 is 0.